The van der Waals surface area contributed by atoms with Gasteiger partial charge in [0.25, 0.3) is 0 Å². The predicted octanol–water partition coefficient (Wildman–Crippen LogP) is 1.46. The summed E-state index contributed by atoms with van der Waals surface area (Å²) >= 11 is 0. The molecular weight excluding hydrogens is 256 g/mol. The lowest BCUT2D eigenvalue weighted by atomic mass is 10.1. The summed E-state index contributed by atoms with van der Waals surface area (Å²) in [4.78, 5) is 23.0. The monoisotopic (exact) mass is 278 g/mol. The van der Waals surface area contributed by atoms with Gasteiger partial charge in [-0.15, -0.1) is 0 Å². The quantitative estimate of drug-likeness (QED) is 0.689. The molecule has 0 aliphatic rings. The number of nitrogens with one attached hydrogen (secondary N) is 2. The molecule has 0 bridgehead atoms. The van der Waals surface area contributed by atoms with Crippen LogP contribution in [0.5, 0.6) is 0 Å². The molecule has 3 N–H and O–H groups in total. The van der Waals surface area contributed by atoms with Crippen molar-refractivity contribution in [3.05, 3.63) is 29.8 Å². The van der Waals surface area contributed by atoms with Crippen LogP contribution in [-0.2, 0) is 16.0 Å². The fraction of sp³-hybridized carbons (Fsp3) is 0.467. The molecule has 1 atom stereocenters. The van der Waals surface area contributed by atoms with Crippen molar-refractivity contribution in [1.82, 2.24) is 5.32 Å². The van der Waals surface area contributed by atoms with E-state index in [1.807, 2.05) is 12.1 Å². The van der Waals surface area contributed by atoms with E-state index in [0.717, 1.165) is 19.3 Å². The third-order valence-electron chi connectivity index (χ3n) is 2.80. The van der Waals surface area contributed by atoms with Gasteiger partial charge in [0.1, 0.15) is 0 Å². The minimum absolute atomic E-state index is 0.0577. The Hall–Kier alpha value is -1.88. The third-order valence-corrected chi connectivity index (χ3v) is 2.80. The molecule has 0 aliphatic heterocycles. The first kappa shape index (κ1) is 16.2. The standard InChI is InChI=1S/C15H22N2O3/c1-3-4-5-12-6-8-13(9-7-12)17-15(20)14(19)16-10-11(2)18/h6-9,11,18H,3-5,10H2,1-2H3,(H,16,19)(H,17,20)/t11-/m1/s1. The van der Waals surface area contributed by atoms with E-state index in [2.05, 4.69) is 17.6 Å². The van der Waals surface area contributed by atoms with Crippen molar-refractivity contribution in [2.45, 2.75) is 39.2 Å². The topological polar surface area (TPSA) is 78.4 Å². The van der Waals surface area contributed by atoms with Gasteiger partial charge in [-0.2, -0.15) is 0 Å². The zero-order valence-corrected chi connectivity index (χ0v) is 12.0. The Balaban J connectivity index is 2.47. The number of hydrogen-bond acceptors (Lipinski definition) is 3. The van der Waals surface area contributed by atoms with E-state index in [0.29, 0.717) is 5.69 Å². The molecule has 5 heteroatoms. The molecular formula is C15H22N2O3. The number of aliphatic hydroxyl groups excluding tert-OH is 1. The SMILES string of the molecule is CCCCc1ccc(NC(=O)C(=O)NC[C@@H](C)O)cc1. The van der Waals surface area contributed by atoms with E-state index < -0.39 is 17.9 Å². The zero-order chi connectivity index (χ0) is 15.0. The Morgan fingerprint density at radius 2 is 1.85 bits per heavy atom. The van der Waals surface area contributed by atoms with Gasteiger partial charge in [-0.1, -0.05) is 25.5 Å². The van der Waals surface area contributed by atoms with Gasteiger partial charge in [0.2, 0.25) is 0 Å². The van der Waals surface area contributed by atoms with E-state index in [1.54, 1.807) is 12.1 Å². The van der Waals surface area contributed by atoms with Crippen molar-refractivity contribution < 1.29 is 14.7 Å². The van der Waals surface area contributed by atoms with Crippen LogP contribution in [0.1, 0.15) is 32.3 Å². The second-order valence-electron chi connectivity index (χ2n) is 4.81. The Labute approximate surface area is 119 Å². The van der Waals surface area contributed by atoms with E-state index in [4.69, 9.17) is 5.11 Å². The van der Waals surface area contributed by atoms with Crippen molar-refractivity contribution in [2.75, 3.05) is 11.9 Å². The van der Waals surface area contributed by atoms with Gasteiger partial charge in [-0.05, 0) is 37.5 Å². The summed E-state index contributed by atoms with van der Waals surface area (Å²) in [7, 11) is 0. The van der Waals surface area contributed by atoms with Crippen LogP contribution in [0.15, 0.2) is 24.3 Å². The highest BCUT2D eigenvalue weighted by Crippen LogP contribution is 2.11. The third kappa shape index (κ3) is 5.84. The highest BCUT2D eigenvalue weighted by atomic mass is 16.3. The van der Waals surface area contributed by atoms with Gasteiger partial charge >= 0.3 is 11.8 Å². The lowest BCUT2D eigenvalue weighted by Crippen LogP contribution is -2.38. The number of anilines is 1. The second-order valence-corrected chi connectivity index (χ2v) is 4.81. The lowest BCUT2D eigenvalue weighted by molar-refractivity contribution is -0.136. The number of unbranched alkanes of at least 4 members (excludes halogenated alkanes) is 1. The molecule has 0 unspecified atom stereocenters. The van der Waals surface area contributed by atoms with Gasteiger partial charge in [0, 0.05) is 12.2 Å². The fourth-order valence-corrected chi connectivity index (χ4v) is 1.64. The molecule has 2 amide bonds. The van der Waals surface area contributed by atoms with E-state index in [9.17, 15) is 9.59 Å². The lowest BCUT2D eigenvalue weighted by Gasteiger charge is -2.08. The average molecular weight is 278 g/mol. The highest BCUT2D eigenvalue weighted by Gasteiger charge is 2.13. The molecule has 0 saturated carbocycles. The highest BCUT2D eigenvalue weighted by molar-refractivity contribution is 6.39. The maximum atomic E-state index is 11.6. The Morgan fingerprint density at radius 3 is 2.40 bits per heavy atom. The Morgan fingerprint density at radius 1 is 1.20 bits per heavy atom. The summed E-state index contributed by atoms with van der Waals surface area (Å²) in [5.41, 5.74) is 1.80. The summed E-state index contributed by atoms with van der Waals surface area (Å²) in [6.45, 7) is 3.73. The van der Waals surface area contributed by atoms with Gasteiger partial charge in [-0.3, -0.25) is 9.59 Å². The molecule has 5 nitrogen and oxygen atoms in total. The maximum Gasteiger partial charge on any atom is 0.313 e. The summed E-state index contributed by atoms with van der Waals surface area (Å²) in [5.74, 6) is -1.48. The fourth-order valence-electron chi connectivity index (χ4n) is 1.64. The first-order chi connectivity index (χ1) is 9.52. The van der Waals surface area contributed by atoms with Crippen LogP contribution in [-0.4, -0.2) is 29.6 Å². The number of amides is 2. The number of carbonyl (C=O) groups excluding carboxylic acids is 2. The van der Waals surface area contributed by atoms with Crippen LogP contribution >= 0.6 is 0 Å². The second kappa shape index (κ2) is 8.32. The van der Waals surface area contributed by atoms with Gasteiger partial charge in [-0.25, -0.2) is 0 Å². The molecule has 0 heterocycles. The first-order valence-corrected chi connectivity index (χ1v) is 6.89. The van der Waals surface area contributed by atoms with E-state index in [1.165, 1.54) is 12.5 Å². The van der Waals surface area contributed by atoms with Crippen molar-refractivity contribution >= 4 is 17.5 Å². The van der Waals surface area contributed by atoms with Crippen molar-refractivity contribution in [2.24, 2.45) is 0 Å². The molecule has 0 fully saturated rings. The molecule has 1 aromatic carbocycles. The minimum atomic E-state index is -0.749. The van der Waals surface area contributed by atoms with Crippen LogP contribution in [0.4, 0.5) is 5.69 Å². The van der Waals surface area contributed by atoms with Crippen LogP contribution in [0.25, 0.3) is 0 Å². The number of aryl methyl sites for hydroxylation is 1. The van der Waals surface area contributed by atoms with Crippen LogP contribution < -0.4 is 10.6 Å². The smallest absolute Gasteiger partial charge is 0.313 e. The summed E-state index contributed by atoms with van der Waals surface area (Å²) in [6, 6.07) is 7.45. The molecule has 110 valence electrons. The van der Waals surface area contributed by atoms with Crippen molar-refractivity contribution in [1.29, 1.82) is 0 Å². The van der Waals surface area contributed by atoms with E-state index in [-0.39, 0.29) is 6.54 Å². The Kier molecular flexibility index (Phi) is 6.73. The van der Waals surface area contributed by atoms with Crippen molar-refractivity contribution in [3.63, 3.8) is 0 Å². The number of rotatable bonds is 6. The average Bonchev–Trinajstić information content (AvgIpc) is 2.43. The van der Waals surface area contributed by atoms with E-state index >= 15 is 0 Å². The van der Waals surface area contributed by atoms with Crippen LogP contribution in [0.2, 0.25) is 0 Å². The summed E-state index contributed by atoms with van der Waals surface area (Å²) < 4.78 is 0. The number of carbonyl (C=O) groups is 2. The molecule has 0 aliphatic carbocycles. The first-order valence-electron chi connectivity index (χ1n) is 6.89. The minimum Gasteiger partial charge on any atom is -0.392 e. The Bertz CT molecular complexity index is 441. The van der Waals surface area contributed by atoms with Gasteiger partial charge < -0.3 is 15.7 Å². The van der Waals surface area contributed by atoms with Crippen LogP contribution in [0, 0.1) is 0 Å². The number of hydrogen-bond donors (Lipinski definition) is 3. The summed E-state index contributed by atoms with van der Waals surface area (Å²) in [6.07, 6.45) is 2.61. The molecule has 0 spiro atoms. The molecule has 0 radical (unpaired) electrons. The van der Waals surface area contributed by atoms with Gasteiger partial charge in [0.15, 0.2) is 0 Å². The molecule has 0 saturated heterocycles. The predicted molar refractivity (Wildman–Crippen MR) is 78.4 cm³/mol. The molecule has 1 rings (SSSR count). The molecule has 1 aromatic rings. The maximum absolute atomic E-state index is 11.6. The number of benzene rings is 1. The number of aliphatic hydroxyl groups is 1. The normalized spacial score (nSPS) is 11.8. The van der Waals surface area contributed by atoms with Crippen LogP contribution in [0.3, 0.4) is 0 Å². The zero-order valence-electron chi connectivity index (χ0n) is 12.0. The summed E-state index contributed by atoms with van der Waals surface area (Å²) in [5, 5.41) is 13.9. The molecule has 0 aromatic heterocycles. The van der Waals surface area contributed by atoms with Gasteiger partial charge in [0.05, 0.1) is 6.10 Å². The van der Waals surface area contributed by atoms with Crippen molar-refractivity contribution in [3.8, 4) is 0 Å². The largest absolute Gasteiger partial charge is 0.392 e. The molecule has 20 heavy (non-hydrogen) atoms.